The molecule has 0 atom stereocenters. The standard InChI is InChI=1S/C11H17NO/c1-8-6-9(2)11(10(3)7-8)13-5-4-12/h6-7H,4-5,12H2,1-3H3. The lowest BCUT2D eigenvalue weighted by Crippen LogP contribution is -2.11. The van der Waals surface area contributed by atoms with Crippen LogP contribution in [0.2, 0.25) is 0 Å². The zero-order chi connectivity index (χ0) is 9.84. The van der Waals surface area contributed by atoms with E-state index in [9.17, 15) is 0 Å². The number of benzene rings is 1. The maximum Gasteiger partial charge on any atom is 0.125 e. The summed E-state index contributed by atoms with van der Waals surface area (Å²) in [5, 5.41) is 0. The van der Waals surface area contributed by atoms with Crippen molar-refractivity contribution < 1.29 is 4.74 Å². The third-order valence-electron chi connectivity index (χ3n) is 1.97. The molecule has 0 bridgehead atoms. The SMILES string of the molecule is Cc1cc(C)c(OCCN)c(C)c1. The summed E-state index contributed by atoms with van der Waals surface area (Å²) in [6, 6.07) is 4.25. The minimum atomic E-state index is 0.562. The molecule has 1 rings (SSSR count). The second-order valence-electron chi connectivity index (χ2n) is 3.36. The summed E-state index contributed by atoms with van der Waals surface area (Å²) < 4.78 is 5.55. The van der Waals surface area contributed by atoms with Gasteiger partial charge in [-0.05, 0) is 31.9 Å². The predicted molar refractivity (Wildman–Crippen MR) is 55.2 cm³/mol. The fourth-order valence-electron chi connectivity index (χ4n) is 1.56. The minimum absolute atomic E-state index is 0.562. The monoisotopic (exact) mass is 179 g/mol. The lowest BCUT2D eigenvalue weighted by molar-refractivity contribution is 0.324. The van der Waals surface area contributed by atoms with Crippen LogP contribution in [0.1, 0.15) is 16.7 Å². The number of aryl methyl sites for hydroxylation is 3. The molecule has 2 N–H and O–H groups in total. The normalized spacial score (nSPS) is 10.2. The average molecular weight is 179 g/mol. The van der Waals surface area contributed by atoms with Crippen molar-refractivity contribution in [2.75, 3.05) is 13.2 Å². The molecule has 0 fully saturated rings. The van der Waals surface area contributed by atoms with E-state index < -0.39 is 0 Å². The summed E-state index contributed by atoms with van der Waals surface area (Å²) in [6.07, 6.45) is 0. The molecule has 72 valence electrons. The molecule has 0 aliphatic carbocycles. The fraction of sp³-hybridized carbons (Fsp3) is 0.455. The van der Waals surface area contributed by atoms with Crippen LogP contribution >= 0.6 is 0 Å². The van der Waals surface area contributed by atoms with E-state index in [1.54, 1.807) is 0 Å². The van der Waals surface area contributed by atoms with E-state index in [2.05, 4.69) is 32.9 Å². The van der Waals surface area contributed by atoms with E-state index in [4.69, 9.17) is 10.5 Å². The second-order valence-corrected chi connectivity index (χ2v) is 3.36. The summed E-state index contributed by atoms with van der Waals surface area (Å²) in [4.78, 5) is 0. The van der Waals surface area contributed by atoms with Gasteiger partial charge in [0.15, 0.2) is 0 Å². The topological polar surface area (TPSA) is 35.2 Å². The fourth-order valence-corrected chi connectivity index (χ4v) is 1.56. The quantitative estimate of drug-likeness (QED) is 0.769. The Kier molecular flexibility index (Phi) is 3.32. The van der Waals surface area contributed by atoms with Gasteiger partial charge in [-0.1, -0.05) is 17.7 Å². The molecular formula is C11H17NO. The molecule has 0 saturated heterocycles. The molecule has 0 saturated carbocycles. The predicted octanol–water partition coefficient (Wildman–Crippen LogP) is 1.95. The number of rotatable bonds is 3. The van der Waals surface area contributed by atoms with Crippen molar-refractivity contribution in [3.8, 4) is 5.75 Å². The van der Waals surface area contributed by atoms with Crippen LogP contribution in [-0.2, 0) is 0 Å². The van der Waals surface area contributed by atoms with Gasteiger partial charge in [0.05, 0.1) is 0 Å². The van der Waals surface area contributed by atoms with Gasteiger partial charge in [-0.2, -0.15) is 0 Å². The maximum atomic E-state index is 5.55. The van der Waals surface area contributed by atoms with Gasteiger partial charge < -0.3 is 10.5 Å². The van der Waals surface area contributed by atoms with Gasteiger partial charge in [0.25, 0.3) is 0 Å². The van der Waals surface area contributed by atoms with Gasteiger partial charge >= 0.3 is 0 Å². The highest BCUT2D eigenvalue weighted by atomic mass is 16.5. The van der Waals surface area contributed by atoms with Gasteiger partial charge in [-0.25, -0.2) is 0 Å². The lowest BCUT2D eigenvalue weighted by atomic mass is 10.1. The Hall–Kier alpha value is -1.02. The summed E-state index contributed by atoms with van der Waals surface area (Å²) in [6.45, 7) is 7.36. The maximum absolute atomic E-state index is 5.55. The van der Waals surface area contributed by atoms with Crippen molar-refractivity contribution in [2.24, 2.45) is 5.73 Å². The zero-order valence-electron chi connectivity index (χ0n) is 8.55. The van der Waals surface area contributed by atoms with Crippen molar-refractivity contribution in [3.05, 3.63) is 28.8 Å². The first-order chi connectivity index (χ1) is 6.15. The molecule has 0 heterocycles. The van der Waals surface area contributed by atoms with Crippen LogP contribution in [0, 0.1) is 20.8 Å². The van der Waals surface area contributed by atoms with Crippen molar-refractivity contribution in [1.29, 1.82) is 0 Å². The van der Waals surface area contributed by atoms with Crippen LogP contribution < -0.4 is 10.5 Å². The van der Waals surface area contributed by atoms with E-state index in [0.29, 0.717) is 13.2 Å². The molecule has 2 nitrogen and oxygen atoms in total. The Balaban J connectivity index is 2.92. The Morgan fingerprint density at radius 3 is 2.15 bits per heavy atom. The molecule has 13 heavy (non-hydrogen) atoms. The van der Waals surface area contributed by atoms with Gasteiger partial charge in [0.1, 0.15) is 12.4 Å². The molecule has 1 aromatic rings. The molecule has 1 aromatic carbocycles. The van der Waals surface area contributed by atoms with Crippen LogP contribution in [0.4, 0.5) is 0 Å². The Morgan fingerprint density at radius 1 is 1.15 bits per heavy atom. The number of hydrogen-bond acceptors (Lipinski definition) is 2. The van der Waals surface area contributed by atoms with Gasteiger partial charge in [0.2, 0.25) is 0 Å². The summed E-state index contributed by atoms with van der Waals surface area (Å²) in [5.41, 5.74) is 9.03. The Morgan fingerprint density at radius 2 is 1.69 bits per heavy atom. The van der Waals surface area contributed by atoms with Gasteiger partial charge in [-0.15, -0.1) is 0 Å². The summed E-state index contributed by atoms with van der Waals surface area (Å²) in [5.74, 6) is 0.982. The van der Waals surface area contributed by atoms with E-state index in [1.807, 2.05) is 0 Å². The highest BCUT2D eigenvalue weighted by molar-refractivity contribution is 5.42. The van der Waals surface area contributed by atoms with Crippen LogP contribution in [0.3, 0.4) is 0 Å². The van der Waals surface area contributed by atoms with Crippen LogP contribution in [-0.4, -0.2) is 13.2 Å². The highest BCUT2D eigenvalue weighted by Crippen LogP contribution is 2.24. The third kappa shape index (κ3) is 2.46. The summed E-state index contributed by atoms with van der Waals surface area (Å²) >= 11 is 0. The van der Waals surface area contributed by atoms with Crippen molar-refractivity contribution in [1.82, 2.24) is 0 Å². The molecular weight excluding hydrogens is 162 g/mol. The summed E-state index contributed by atoms with van der Waals surface area (Å²) in [7, 11) is 0. The van der Waals surface area contributed by atoms with Gasteiger partial charge in [0, 0.05) is 6.54 Å². The number of nitrogens with two attached hydrogens (primary N) is 1. The second kappa shape index (κ2) is 4.28. The van der Waals surface area contributed by atoms with Crippen LogP contribution in [0.25, 0.3) is 0 Å². The third-order valence-corrected chi connectivity index (χ3v) is 1.97. The van der Waals surface area contributed by atoms with Crippen molar-refractivity contribution in [3.63, 3.8) is 0 Å². The first kappa shape index (κ1) is 10.1. The Bertz CT molecular complexity index is 271. The highest BCUT2D eigenvalue weighted by Gasteiger charge is 2.03. The van der Waals surface area contributed by atoms with Crippen molar-refractivity contribution >= 4 is 0 Å². The molecule has 0 aliphatic heterocycles. The smallest absolute Gasteiger partial charge is 0.125 e. The Labute approximate surface area is 79.7 Å². The van der Waals surface area contributed by atoms with Crippen molar-refractivity contribution in [2.45, 2.75) is 20.8 Å². The lowest BCUT2D eigenvalue weighted by Gasteiger charge is -2.11. The molecule has 0 radical (unpaired) electrons. The largest absolute Gasteiger partial charge is 0.492 e. The van der Waals surface area contributed by atoms with Gasteiger partial charge in [-0.3, -0.25) is 0 Å². The average Bonchev–Trinajstić information content (AvgIpc) is 2.02. The number of ether oxygens (including phenoxy) is 1. The first-order valence-corrected chi connectivity index (χ1v) is 4.56. The molecule has 0 unspecified atom stereocenters. The molecule has 0 aromatic heterocycles. The van der Waals surface area contributed by atoms with E-state index in [-0.39, 0.29) is 0 Å². The minimum Gasteiger partial charge on any atom is -0.492 e. The van der Waals surface area contributed by atoms with Crippen LogP contribution in [0.15, 0.2) is 12.1 Å². The molecule has 0 spiro atoms. The van der Waals surface area contributed by atoms with E-state index in [1.165, 1.54) is 16.7 Å². The van der Waals surface area contributed by atoms with E-state index in [0.717, 1.165) is 5.75 Å². The molecule has 0 amide bonds. The zero-order valence-corrected chi connectivity index (χ0v) is 8.55. The molecule has 2 heteroatoms. The van der Waals surface area contributed by atoms with Crippen LogP contribution in [0.5, 0.6) is 5.75 Å². The first-order valence-electron chi connectivity index (χ1n) is 4.56. The number of hydrogen-bond donors (Lipinski definition) is 1. The molecule has 0 aliphatic rings. The van der Waals surface area contributed by atoms with E-state index >= 15 is 0 Å².